The summed E-state index contributed by atoms with van der Waals surface area (Å²) in [5.41, 5.74) is 3.71. The lowest BCUT2D eigenvalue weighted by atomic mass is 10.0. The molecule has 186 valence electrons. The molecule has 1 atom stereocenters. The summed E-state index contributed by atoms with van der Waals surface area (Å²) < 4.78 is 14.4. The second kappa shape index (κ2) is 9.56. The van der Waals surface area contributed by atoms with E-state index in [1.54, 1.807) is 14.2 Å². The molecule has 1 unspecified atom stereocenters. The fourth-order valence-electron chi connectivity index (χ4n) is 5.33. The summed E-state index contributed by atoms with van der Waals surface area (Å²) in [6.45, 7) is 1.63. The summed E-state index contributed by atoms with van der Waals surface area (Å²) in [4.78, 5) is 6.71. The van der Waals surface area contributed by atoms with Crippen LogP contribution < -0.4 is 14.4 Å². The highest BCUT2D eigenvalue weighted by atomic mass is 79.9. The molecule has 0 radical (unpaired) electrons. The van der Waals surface area contributed by atoms with Gasteiger partial charge in [-0.05, 0) is 67.0 Å². The van der Waals surface area contributed by atoms with E-state index in [9.17, 15) is 0 Å². The number of nitrogens with zero attached hydrogens (tertiary/aromatic N) is 5. The zero-order valence-electron chi connectivity index (χ0n) is 20.2. The number of benzene rings is 2. The number of aromatic nitrogens is 4. The van der Waals surface area contributed by atoms with Crippen LogP contribution in [-0.4, -0.2) is 40.5 Å². The first kappa shape index (κ1) is 23.6. The maximum atomic E-state index is 6.18. The van der Waals surface area contributed by atoms with E-state index < -0.39 is 0 Å². The van der Waals surface area contributed by atoms with E-state index in [1.807, 2.05) is 30.7 Å². The SMILES string of the molecule is COc1ccc(CN(CC2CC2)c2nncn2C2CCc3c2cc(Br)c2cc(Cl)ncc32)c(OC)c1. The Hall–Kier alpha value is -2.84. The molecule has 0 N–H and O–H groups in total. The van der Waals surface area contributed by atoms with Gasteiger partial charge in [0.05, 0.1) is 20.3 Å². The van der Waals surface area contributed by atoms with Crippen LogP contribution in [0.2, 0.25) is 5.15 Å². The minimum Gasteiger partial charge on any atom is -0.497 e. The Bertz CT molecular complexity index is 1440. The normalized spacial score (nSPS) is 16.8. The van der Waals surface area contributed by atoms with E-state index >= 15 is 0 Å². The molecule has 2 heterocycles. The lowest BCUT2D eigenvalue weighted by Crippen LogP contribution is -2.29. The number of rotatable bonds is 8. The predicted octanol–water partition coefficient (Wildman–Crippen LogP) is 6.21. The quantitative estimate of drug-likeness (QED) is 0.235. The van der Waals surface area contributed by atoms with Gasteiger partial charge in [0, 0.05) is 46.2 Å². The van der Waals surface area contributed by atoms with Crippen molar-refractivity contribution in [1.82, 2.24) is 19.7 Å². The fraction of sp³-hybridized carbons (Fsp3) is 0.370. The van der Waals surface area contributed by atoms with Gasteiger partial charge in [0.15, 0.2) is 0 Å². The molecule has 2 aromatic carbocycles. The number of hydrogen-bond donors (Lipinski definition) is 0. The van der Waals surface area contributed by atoms with Crippen LogP contribution in [0, 0.1) is 5.92 Å². The molecule has 2 aromatic heterocycles. The molecular formula is C27H27BrClN5O2. The van der Waals surface area contributed by atoms with Gasteiger partial charge in [-0.3, -0.25) is 4.57 Å². The molecule has 0 saturated heterocycles. The van der Waals surface area contributed by atoms with E-state index in [4.69, 9.17) is 21.1 Å². The molecule has 0 aliphatic heterocycles. The van der Waals surface area contributed by atoms with Gasteiger partial charge >= 0.3 is 0 Å². The van der Waals surface area contributed by atoms with E-state index in [-0.39, 0.29) is 6.04 Å². The highest BCUT2D eigenvalue weighted by Gasteiger charge is 2.32. The Morgan fingerprint density at radius 1 is 1.11 bits per heavy atom. The molecule has 2 aliphatic carbocycles. The van der Waals surface area contributed by atoms with Crippen molar-refractivity contribution in [1.29, 1.82) is 0 Å². The molecule has 1 saturated carbocycles. The highest BCUT2D eigenvalue weighted by Crippen LogP contribution is 2.43. The average Bonchev–Trinajstić information content (AvgIpc) is 3.40. The number of hydrogen-bond acceptors (Lipinski definition) is 6. The second-order valence-corrected chi connectivity index (χ2v) is 10.8. The number of ether oxygens (including phenoxy) is 2. The van der Waals surface area contributed by atoms with Gasteiger partial charge in [-0.15, -0.1) is 10.2 Å². The molecule has 0 spiro atoms. The van der Waals surface area contributed by atoms with Crippen molar-refractivity contribution in [2.24, 2.45) is 5.92 Å². The maximum absolute atomic E-state index is 6.18. The summed E-state index contributed by atoms with van der Waals surface area (Å²) in [6.07, 6.45) is 8.23. The van der Waals surface area contributed by atoms with Crippen molar-refractivity contribution in [3.05, 3.63) is 69.2 Å². The van der Waals surface area contributed by atoms with Crippen molar-refractivity contribution in [3.63, 3.8) is 0 Å². The number of fused-ring (bicyclic) bond motifs is 3. The molecule has 6 rings (SSSR count). The number of pyridine rings is 1. The smallest absolute Gasteiger partial charge is 0.227 e. The Labute approximate surface area is 223 Å². The molecular weight excluding hydrogens is 542 g/mol. The summed E-state index contributed by atoms with van der Waals surface area (Å²) >= 11 is 9.96. The second-order valence-electron chi connectivity index (χ2n) is 9.57. The van der Waals surface area contributed by atoms with Crippen LogP contribution in [0.15, 0.2) is 47.3 Å². The topological polar surface area (TPSA) is 65.3 Å². The van der Waals surface area contributed by atoms with Crippen molar-refractivity contribution in [2.45, 2.75) is 38.3 Å². The van der Waals surface area contributed by atoms with Gasteiger partial charge in [-0.25, -0.2) is 4.98 Å². The van der Waals surface area contributed by atoms with Crippen LogP contribution in [-0.2, 0) is 13.0 Å². The van der Waals surface area contributed by atoms with Crippen molar-refractivity contribution >= 4 is 44.3 Å². The van der Waals surface area contributed by atoms with Crippen molar-refractivity contribution in [2.75, 3.05) is 25.7 Å². The Morgan fingerprint density at radius 2 is 1.97 bits per heavy atom. The fourth-order valence-corrected chi connectivity index (χ4v) is 6.06. The first-order valence-corrected chi connectivity index (χ1v) is 13.3. The third kappa shape index (κ3) is 4.30. The minimum absolute atomic E-state index is 0.154. The number of anilines is 1. The molecule has 9 heteroatoms. The Balaban J connectivity index is 1.38. The van der Waals surface area contributed by atoms with Crippen LogP contribution >= 0.6 is 27.5 Å². The van der Waals surface area contributed by atoms with E-state index in [0.29, 0.717) is 17.6 Å². The van der Waals surface area contributed by atoms with Gasteiger partial charge in [-0.2, -0.15) is 0 Å². The molecule has 2 aliphatic rings. The number of aryl methyl sites for hydroxylation is 1. The van der Waals surface area contributed by atoms with E-state index in [2.05, 4.69) is 52.7 Å². The summed E-state index contributed by atoms with van der Waals surface area (Å²) in [6, 6.07) is 10.3. The van der Waals surface area contributed by atoms with Crippen LogP contribution in [0.25, 0.3) is 10.8 Å². The first-order valence-electron chi connectivity index (χ1n) is 12.2. The van der Waals surface area contributed by atoms with Gasteiger partial charge in [0.2, 0.25) is 5.95 Å². The molecule has 1 fully saturated rings. The average molecular weight is 569 g/mol. The standard InChI is InChI=1S/C27H27BrClN5O2/c1-35-18-6-5-17(25(9-18)36-2)14-33(13-16-3-4-16)27-32-31-15-34(27)24-8-7-19-21(24)10-23(28)20-11-26(29)30-12-22(19)20/h5-6,9-12,15-16,24H,3-4,7-8,13-14H2,1-2H3. The minimum atomic E-state index is 0.154. The number of methoxy groups -OCH3 is 2. The largest absolute Gasteiger partial charge is 0.497 e. The zero-order chi connectivity index (χ0) is 24.8. The Kier molecular flexibility index (Phi) is 6.25. The van der Waals surface area contributed by atoms with Gasteiger partial charge in [-0.1, -0.05) is 27.5 Å². The summed E-state index contributed by atoms with van der Waals surface area (Å²) in [7, 11) is 3.37. The maximum Gasteiger partial charge on any atom is 0.227 e. The monoisotopic (exact) mass is 567 g/mol. The first-order chi connectivity index (χ1) is 17.6. The van der Waals surface area contributed by atoms with E-state index in [1.165, 1.54) is 24.0 Å². The van der Waals surface area contributed by atoms with Gasteiger partial charge in [0.1, 0.15) is 23.0 Å². The predicted molar refractivity (Wildman–Crippen MR) is 144 cm³/mol. The molecule has 36 heavy (non-hydrogen) atoms. The molecule has 7 nitrogen and oxygen atoms in total. The lowest BCUT2D eigenvalue weighted by molar-refractivity contribution is 0.390. The van der Waals surface area contributed by atoms with Crippen molar-refractivity contribution < 1.29 is 9.47 Å². The Morgan fingerprint density at radius 3 is 2.75 bits per heavy atom. The molecule has 0 amide bonds. The van der Waals surface area contributed by atoms with Crippen LogP contribution in [0.4, 0.5) is 5.95 Å². The van der Waals surface area contributed by atoms with Crippen LogP contribution in [0.3, 0.4) is 0 Å². The summed E-state index contributed by atoms with van der Waals surface area (Å²) in [5, 5.41) is 11.8. The number of halogens is 2. The van der Waals surface area contributed by atoms with Gasteiger partial charge in [0.25, 0.3) is 0 Å². The van der Waals surface area contributed by atoms with Crippen LogP contribution in [0.5, 0.6) is 11.5 Å². The summed E-state index contributed by atoms with van der Waals surface area (Å²) in [5.74, 6) is 3.17. The highest BCUT2D eigenvalue weighted by molar-refractivity contribution is 9.10. The zero-order valence-corrected chi connectivity index (χ0v) is 22.6. The molecule has 0 bridgehead atoms. The molecule has 4 aromatic rings. The van der Waals surface area contributed by atoms with E-state index in [0.717, 1.165) is 57.6 Å². The van der Waals surface area contributed by atoms with Crippen molar-refractivity contribution in [3.8, 4) is 11.5 Å². The van der Waals surface area contributed by atoms with Gasteiger partial charge < -0.3 is 14.4 Å². The lowest BCUT2D eigenvalue weighted by Gasteiger charge is -2.27. The third-order valence-corrected chi connectivity index (χ3v) is 8.18. The van der Waals surface area contributed by atoms with Crippen LogP contribution in [0.1, 0.15) is 42.0 Å². The third-order valence-electron chi connectivity index (χ3n) is 7.31.